The molecule has 2 aromatic carbocycles. The summed E-state index contributed by atoms with van der Waals surface area (Å²) in [6.45, 7) is 1.70. The molecule has 0 radical (unpaired) electrons. The van der Waals surface area contributed by atoms with Crippen LogP contribution >= 0.6 is 0 Å². The molecule has 0 spiro atoms. The highest BCUT2D eigenvalue weighted by molar-refractivity contribution is 5.78. The average Bonchev–Trinajstić information content (AvgIpc) is 2.65. The predicted molar refractivity (Wildman–Crippen MR) is 103 cm³/mol. The molecule has 4 nitrogen and oxygen atoms in total. The van der Waals surface area contributed by atoms with E-state index in [0.717, 1.165) is 6.54 Å². The molecule has 0 aliphatic heterocycles. The Kier molecular flexibility index (Phi) is 6.12. The van der Waals surface area contributed by atoms with E-state index >= 15 is 0 Å². The molecule has 3 aromatic rings. The SMILES string of the molecule is CN(CC(=O)N=c1ccccn1Cc1ccccc1)Cc1ccccc1. The minimum Gasteiger partial charge on any atom is -0.328 e. The zero-order chi connectivity index (χ0) is 18.2. The molecular weight excluding hydrogens is 322 g/mol. The second-order valence-corrected chi connectivity index (χ2v) is 6.34. The second-order valence-electron chi connectivity index (χ2n) is 6.34. The van der Waals surface area contributed by atoms with Gasteiger partial charge in [0.05, 0.1) is 6.54 Å². The van der Waals surface area contributed by atoms with Gasteiger partial charge in [-0.05, 0) is 30.3 Å². The molecular formula is C22H23N3O. The summed E-state index contributed by atoms with van der Waals surface area (Å²) in [4.78, 5) is 18.7. The van der Waals surface area contributed by atoms with Gasteiger partial charge in [0, 0.05) is 19.3 Å². The number of likely N-dealkylation sites (N-methyl/N-ethyl adjacent to an activating group) is 1. The van der Waals surface area contributed by atoms with Gasteiger partial charge < -0.3 is 4.57 Å². The Morgan fingerprint density at radius 1 is 0.885 bits per heavy atom. The smallest absolute Gasteiger partial charge is 0.261 e. The van der Waals surface area contributed by atoms with Crippen molar-refractivity contribution in [1.29, 1.82) is 0 Å². The fraction of sp³-hybridized carbons (Fsp3) is 0.182. The number of benzene rings is 2. The Morgan fingerprint density at radius 3 is 2.19 bits per heavy atom. The van der Waals surface area contributed by atoms with Crippen LogP contribution in [0.25, 0.3) is 0 Å². The molecule has 0 unspecified atom stereocenters. The standard InChI is InChI=1S/C22H23N3O/c1-24(16-19-10-4-2-5-11-19)18-22(26)23-21-14-8-9-15-25(21)17-20-12-6-3-7-13-20/h2-15H,16-18H2,1H3. The Bertz CT molecular complexity index is 901. The summed E-state index contributed by atoms with van der Waals surface area (Å²) in [5, 5.41) is 0. The number of carbonyl (C=O) groups excluding carboxylic acids is 1. The molecule has 1 amide bonds. The molecule has 0 saturated heterocycles. The Labute approximate surface area is 154 Å². The Morgan fingerprint density at radius 2 is 1.50 bits per heavy atom. The van der Waals surface area contributed by atoms with E-state index in [4.69, 9.17) is 0 Å². The molecule has 0 bridgehead atoms. The molecule has 1 aromatic heterocycles. The third-order valence-electron chi connectivity index (χ3n) is 4.05. The first-order valence-electron chi connectivity index (χ1n) is 8.70. The van der Waals surface area contributed by atoms with Crippen molar-refractivity contribution < 1.29 is 4.79 Å². The van der Waals surface area contributed by atoms with Crippen LogP contribution < -0.4 is 5.49 Å². The van der Waals surface area contributed by atoms with Crippen molar-refractivity contribution in [3.8, 4) is 0 Å². The first-order chi connectivity index (χ1) is 12.7. The number of hydrogen-bond acceptors (Lipinski definition) is 2. The monoisotopic (exact) mass is 345 g/mol. The van der Waals surface area contributed by atoms with Crippen molar-refractivity contribution in [3.63, 3.8) is 0 Å². The number of aromatic nitrogens is 1. The minimum atomic E-state index is -0.142. The Hall–Kier alpha value is -2.98. The third-order valence-corrected chi connectivity index (χ3v) is 4.05. The first kappa shape index (κ1) is 17.8. The van der Waals surface area contributed by atoms with Gasteiger partial charge >= 0.3 is 0 Å². The maximum atomic E-state index is 12.4. The van der Waals surface area contributed by atoms with Crippen molar-refractivity contribution in [2.75, 3.05) is 13.6 Å². The van der Waals surface area contributed by atoms with Gasteiger partial charge in [0.2, 0.25) is 0 Å². The zero-order valence-corrected chi connectivity index (χ0v) is 15.0. The number of nitrogens with zero attached hydrogens (tertiary/aromatic N) is 3. The highest BCUT2D eigenvalue weighted by Crippen LogP contribution is 2.03. The van der Waals surface area contributed by atoms with Crippen LogP contribution in [-0.4, -0.2) is 29.0 Å². The quantitative estimate of drug-likeness (QED) is 0.688. The first-order valence-corrected chi connectivity index (χ1v) is 8.70. The number of pyridine rings is 1. The van der Waals surface area contributed by atoms with Gasteiger partial charge in [0.25, 0.3) is 5.91 Å². The van der Waals surface area contributed by atoms with Crippen LogP contribution in [0.4, 0.5) is 0 Å². The lowest BCUT2D eigenvalue weighted by atomic mass is 10.2. The van der Waals surface area contributed by atoms with Gasteiger partial charge in [-0.3, -0.25) is 9.69 Å². The molecule has 0 fully saturated rings. The fourth-order valence-electron chi connectivity index (χ4n) is 2.83. The maximum absolute atomic E-state index is 12.4. The van der Waals surface area contributed by atoms with E-state index in [1.54, 1.807) is 0 Å². The van der Waals surface area contributed by atoms with E-state index < -0.39 is 0 Å². The van der Waals surface area contributed by atoms with E-state index in [0.29, 0.717) is 12.0 Å². The zero-order valence-electron chi connectivity index (χ0n) is 15.0. The van der Waals surface area contributed by atoms with Crippen LogP contribution in [0, 0.1) is 0 Å². The molecule has 0 N–H and O–H groups in total. The van der Waals surface area contributed by atoms with Crippen LogP contribution in [-0.2, 0) is 17.9 Å². The van der Waals surface area contributed by atoms with E-state index in [2.05, 4.69) is 29.3 Å². The summed E-state index contributed by atoms with van der Waals surface area (Å²) >= 11 is 0. The number of rotatable bonds is 6. The summed E-state index contributed by atoms with van der Waals surface area (Å²) in [5.74, 6) is -0.142. The fourth-order valence-corrected chi connectivity index (χ4v) is 2.83. The number of hydrogen-bond donors (Lipinski definition) is 0. The summed E-state index contributed by atoms with van der Waals surface area (Å²) in [6.07, 6.45) is 1.95. The summed E-state index contributed by atoms with van der Waals surface area (Å²) in [6, 6.07) is 26.0. The van der Waals surface area contributed by atoms with Crippen molar-refractivity contribution >= 4 is 5.91 Å². The van der Waals surface area contributed by atoms with Crippen molar-refractivity contribution in [3.05, 3.63) is 102 Å². The number of amides is 1. The van der Waals surface area contributed by atoms with Gasteiger partial charge in [-0.1, -0.05) is 66.7 Å². The largest absolute Gasteiger partial charge is 0.328 e. The van der Waals surface area contributed by atoms with Gasteiger partial charge in [0.15, 0.2) is 0 Å². The average molecular weight is 345 g/mol. The van der Waals surface area contributed by atoms with Crippen LogP contribution in [0.3, 0.4) is 0 Å². The molecule has 3 rings (SSSR count). The van der Waals surface area contributed by atoms with Gasteiger partial charge in [-0.2, -0.15) is 4.99 Å². The lowest BCUT2D eigenvalue weighted by Crippen LogP contribution is -2.28. The van der Waals surface area contributed by atoms with Crippen LogP contribution in [0.2, 0.25) is 0 Å². The van der Waals surface area contributed by atoms with Crippen molar-refractivity contribution in [1.82, 2.24) is 9.47 Å². The lowest BCUT2D eigenvalue weighted by Gasteiger charge is -2.14. The maximum Gasteiger partial charge on any atom is 0.261 e. The second kappa shape index (κ2) is 8.92. The lowest BCUT2D eigenvalue weighted by molar-refractivity contribution is -0.119. The topological polar surface area (TPSA) is 37.6 Å². The van der Waals surface area contributed by atoms with Crippen LogP contribution in [0.5, 0.6) is 0 Å². The highest BCUT2D eigenvalue weighted by atomic mass is 16.1. The minimum absolute atomic E-state index is 0.142. The molecule has 0 atom stereocenters. The van der Waals surface area contributed by atoms with E-state index in [9.17, 15) is 4.79 Å². The summed E-state index contributed by atoms with van der Waals surface area (Å²) in [5.41, 5.74) is 3.03. The normalized spacial score (nSPS) is 11.7. The molecule has 0 aliphatic rings. The van der Waals surface area contributed by atoms with E-state index in [-0.39, 0.29) is 12.5 Å². The van der Waals surface area contributed by atoms with Gasteiger partial charge in [-0.15, -0.1) is 0 Å². The molecule has 0 aliphatic carbocycles. The Balaban J connectivity index is 1.70. The van der Waals surface area contributed by atoms with Crippen molar-refractivity contribution in [2.24, 2.45) is 4.99 Å². The van der Waals surface area contributed by atoms with Gasteiger partial charge in [-0.25, -0.2) is 0 Å². The third kappa shape index (κ3) is 5.26. The summed E-state index contributed by atoms with van der Waals surface area (Å²) in [7, 11) is 1.93. The molecule has 4 heteroatoms. The molecule has 26 heavy (non-hydrogen) atoms. The van der Waals surface area contributed by atoms with E-state index in [1.165, 1.54) is 11.1 Å². The van der Waals surface area contributed by atoms with Crippen molar-refractivity contribution in [2.45, 2.75) is 13.1 Å². The molecule has 0 saturated carbocycles. The van der Waals surface area contributed by atoms with E-state index in [1.807, 2.05) is 77.3 Å². The molecule has 1 heterocycles. The highest BCUT2D eigenvalue weighted by Gasteiger charge is 2.06. The van der Waals surface area contributed by atoms with Crippen LogP contribution in [0.1, 0.15) is 11.1 Å². The van der Waals surface area contributed by atoms with Crippen LogP contribution in [0.15, 0.2) is 90.1 Å². The summed E-state index contributed by atoms with van der Waals surface area (Å²) < 4.78 is 1.99. The number of carbonyl (C=O) groups is 1. The van der Waals surface area contributed by atoms with Gasteiger partial charge in [0.1, 0.15) is 5.49 Å². The molecule has 132 valence electrons. The predicted octanol–water partition coefficient (Wildman–Crippen LogP) is 3.10.